The summed E-state index contributed by atoms with van der Waals surface area (Å²) in [6, 6.07) is 5.36. The summed E-state index contributed by atoms with van der Waals surface area (Å²) in [5.74, 6) is -0.261. The monoisotopic (exact) mass is 395 g/mol. The standard InChI is InChI=1S/C23H26FN3O2/c1-2-3-4-5-16-6-8-17(9-7-16)19-14-26-22(27-15-19)23(28)29-20-11-10-18(13-25)21(24)12-20/h10-12,14-17H,2-9H2,1H3. The van der Waals surface area contributed by atoms with Gasteiger partial charge in [0.25, 0.3) is 0 Å². The summed E-state index contributed by atoms with van der Waals surface area (Å²) in [4.78, 5) is 20.5. The summed E-state index contributed by atoms with van der Waals surface area (Å²) in [6.07, 6.45) is 13.4. The second-order valence-electron chi connectivity index (χ2n) is 7.70. The van der Waals surface area contributed by atoms with Gasteiger partial charge < -0.3 is 4.74 Å². The SMILES string of the molecule is CCCCCC1CCC(c2cnc(C(=O)Oc3ccc(C#N)c(F)c3)nc2)CC1. The number of nitrogens with zero attached hydrogens (tertiary/aromatic N) is 3. The Morgan fingerprint density at radius 1 is 1.21 bits per heavy atom. The number of nitriles is 1. The normalized spacial score (nSPS) is 18.8. The molecule has 0 amide bonds. The van der Waals surface area contributed by atoms with Crippen LogP contribution in [0.25, 0.3) is 0 Å². The van der Waals surface area contributed by atoms with Gasteiger partial charge in [0, 0.05) is 18.5 Å². The molecular weight excluding hydrogens is 369 g/mol. The van der Waals surface area contributed by atoms with Crippen LogP contribution in [0.4, 0.5) is 4.39 Å². The third kappa shape index (κ3) is 5.60. The Bertz CT molecular complexity index is 869. The van der Waals surface area contributed by atoms with E-state index in [1.54, 1.807) is 18.5 Å². The zero-order chi connectivity index (χ0) is 20.6. The fourth-order valence-corrected chi connectivity index (χ4v) is 3.92. The fourth-order valence-electron chi connectivity index (χ4n) is 3.92. The van der Waals surface area contributed by atoms with E-state index < -0.39 is 11.8 Å². The zero-order valence-electron chi connectivity index (χ0n) is 16.7. The fraction of sp³-hybridized carbons (Fsp3) is 0.478. The maximum absolute atomic E-state index is 13.6. The molecule has 5 nitrogen and oxygen atoms in total. The number of ether oxygens (including phenoxy) is 1. The van der Waals surface area contributed by atoms with E-state index >= 15 is 0 Å². The van der Waals surface area contributed by atoms with Crippen LogP contribution in [0.3, 0.4) is 0 Å². The molecule has 0 radical (unpaired) electrons. The largest absolute Gasteiger partial charge is 0.421 e. The van der Waals surface area contributed by atoms with Gasteiger partial charge in [0.05, 0.1) is 5.56 Å². The van der Waals surface area contributed by atoms with Crippen molar-refractivity contribution >= 4 is 5.97 Å². The van der Waals surface area contributed by atoms with Crippen LogP contribution in [0, 0.1) is 23.1 Å². The Morgan fingerprint density at radius 2 is 1.93 bits per heavy atom. The molecule has 0 aliphatic heterocycles. The average Bonchev–Trinajstić information content (AvgIpc) is 2.75. The van der Waals surface area contributed by atoms with Gasteiger partial charge in [-0.25, -0.2) is 19.2 Å². The molecule has 0 saturated heterocycles. The third-order valence-electron chi connectivity index (χ3n) is 5.66. The number of carbonyl (C=O) groups is 1. The predicted molar refractivity (Wildman–Crippen MR) is 107 cm³/mol. The minimum absolute atomic E-state index is 0.0144. The van der Waals surface area contributed by atoms with E-state index in [9.17, 15) is 9.18 Å². The number of halogens is 1. The van der Waals surface area contributed by atoms with Gasteiger partial charge in [-0.1, -0.05) is 32.6 Å². The van der Waals surface area contributed by atoms with Crippen LogP contribution < -0.4 is 4.74 Å². The number of aromatic nitrogens is 2. The summed E-state index contributed by atoms with van der Waals surface area (Å²) in [5, 5.41) is 8.75. The summed E-state index contributed by atoms with van der Waals surface area (Å²) >= 11 is 0. The number of rotatable bonds is 7. The van der Waals surface area contributed by atoms with Gasteiger partial charge in [0.15, 0.2) is 0 Å². The van der Waals surface area contributed by atoms with Crippen molar-refractivity contribution in [2.24, 2.45) is 5.92 Å². The molecule has 1 aromatic heterocycles. The Balaban J connectivity index is 1.54. The molecular formula is C23H26FN3O2. The van der Waals surface area contributed by atoms with Crippen LogP contribution in [-0.4, -0.2) is 15.9 Å². The molecule has 152 valence electrons. The molecule has 29 heavy (non-hydrogen) atoms. The van der Waals surface area contributed by atoms with Crippen molar-refractivity contribution in [2.45, 2.75) is 64.2 Å². The summed E-state index contributed by atoms with van der Waals surface area (Å²) in [7, 11) is 0. The number of esters is 1. The number of hydrogen-bond acceptors (Lipinski definition) is 5. The Labute approximate surface area is 170 Å². The van der Waals surface area contributed by atoms with Crippen molar-refractivity contribution in [3.8, 4) is 11.8 Å². The van der Waals surface area contributed by atoms with Crippen molar-refractivity contribution < 1.29 is 13.9 Å². The molecule has 0 unspecified atom stereocenters. The maximum Gasteiger partial charge on any atom is 0.381 e. The lowest BCUT2D eigenvalue weighted by Gasteiger charge is -2.28. The quantitative estimate of drug-likeness (QED) is 0.348. The van der Waals surface area contributed by atoms with Gasteiger partial charge in [0.2, 0.25) is 5.82 Å². The van der Waals surface area contributed by atoms with Crippen molar-refractivity contribution in [3.05, 3.63) is 53.4 Å². The van der Waals surface area contributed by atoms with E-state index in [0.29, 0.717) is 5.92 Å². The van der Waals surface area contributed by atoms with Gasteiger partial charge in [-0.15, -0.1) is 0 Å². The predicted octanol–water partition coefficient (Wildman–Crippen LogP) is 5.56. The topological polar surface area (TPSA) is 75.9 Å². The Morgan fingerprint density at radius 3 is 2.55 bits per heavy atom. The lowest BCUT2D eigenvalue weighted by Crippen LogP contribution is -2.16. The van der Waals surface area contributed by atoms with Crippen molar-refractivity contribution in [2.75, 3.05) is 0 Å². The number of carbonyl (C=O) groups excluding carboxylic acids is 1. The summed E-state index contributed by atoms with van der Waals surface area (Å²) < 4.78 is 18.7. The highest BCUT2D eigenvalue weighted by molar-refractivity contribution is 5.86. The Kier molecular flexibility index (Phi) is 7.29. The van der Waals surface area contributed by atoms with Gasteiger partial charge in [-0.05, 0) is 55.2 Å². The molecule has 1 aliphatic carbocycles. The van der Waals surface area contributed by atoms with Crippen molar-refractivity contribution in [1.29, 1.82) is 5.26 Å². The van der Waals surface area contributed by atoms with Crippen LogP contribution in [0.1, 0.15) is 86.0 Å². The van der Waals surface area contributed by atoms with E-state index in [2.05, 4.69) is 16.9 Å². The lowest BCUT2D eigenvalue weighted by atomic mass is 9.77. The molecule has 0 atom stereocenters. The third-order valence-corrected chi connectivity index (χ3v) is 5.66. The van der Waals surface area contributed by atoms with Crippen molar-refractivity contribution in [1.82, 2.24) is 9.97 Å². The minimum atomic E-state index is -0.750. The molecule has 1 fully saturated rings. The van der Waals surface area contributed by atoms with Gasteiger partial charge in [0.1, 0.15) is 17.6 Å². The van der Waals surface area contributed by atoms with Crippen LogP contribution in [-0.2, 0) is 0 Å². The second kappa shape index (κ2) is 10.1. The van der Waals surface area contributed by atoms with E-state index in [-0.39, 0.29) is 17.1 Å². The van der Waals surface area contributed by atoms with E-state index in [1.165, 1.54) is 50.7 Å². The van der Waals surface area contributed by atoms with Gasteiger partial charge in [-0.2, -0.15) is 5.26 Å². The lowest BCUT2D eigenvalue weighted by molar-refractivity contribution is 0.0721. The van der Waals surface area contributed by atoms with Gasteiger partial charge >= 0.3 is 5.97 Å². The van der Waals surface area contributed by atoms with Crippen LogP contribution in [0.15, 0.2) is 30.6 Å². The maximum atomic E-state index is 13.6. The van der Waals surface area contributed by atoms with Crippen molar-refractivity contribution in [3.63, 3.8) is 0 Å². The summed E-state index contributed by atoms with van der Waals surface area (Å²) in [5.41, 5.74) is 0.948. The molecule has 1 aliphatic rings. The smallest absolute Gasteiger partial charge is 0.381 e. The first-order valence-corrected chi connectivity index (χ1v) is 10.3. The molecule has 1 saturated carbocycles. The van der Waals surface area contributed by atoms with Crippen LogP contribution >= 0.6 is 0 Å². The Hall–Kier alpha value is -2.81. The number of unbranched alkanes of at least 4 members (excludes halogenated alkanes) is 2. The molecule has 2 aromatic rings. The van der Waals surface area contributed by atoms with Gasteiger partial charge in [-0.3, -0.25) is 0 Å². The highest BCUT2D eigenvalue weighted by Crippen LogP contribution is 2.37. The van der Waals surface area contributed by atoms with E-state index in [1.807, 2.05) is 0 Å². The highest BCUT2D eigenvalue weighted by atomic mass is 19.1. The van der Waals surface area contributed by atoms with E-state index in [4.69, 9.17) is 10.00 Å². The number of hydrogen-bond donors (Lipinski definition) is 0. The first-order valence-electron chi connectivity index (χ1n) is 10.3. The molecule has 1 heterocycles. The molecule has 3 rings (SSSR count). The zero-order valence-corrected chi connectivity index (χ0v) is 16.7. The molecule has 0 bridgehead atoms. The molecule has 6 heteroatoms. The van der Waals surface area contributed by atoms with Crippen LogP contribution in [0.2, 0.25) is 0 Å². The molecule has 0 spiro atoms. The molecule has 1 aromatic carbocycles. The molecule has 0 N–H and O–H groups in total. The van der Waals surface area contributed by atoms with Crippen LogP contribution in [0.5, 0.6) is 5.75 Å². The number of benzene rings is 1. The minimum Gasteiger partial charge on any atom is -0.421 e. The first-order chi connectivity index (χ1) is 14.1. The first kappa shape index (κ1) is 20.9. The average molecular weight is 395 g/mol. The van der Waals surface area contributed by atoms with E-state index in [0.717, 1.165) is 30.4 Å². The summed E-state index contributed by atoms with van der Waals surface area (Å²) in [6.45, 7) is 2.24. The second-order valence-corrected chi connectivity index (χ2v) is 7.70. The highest BCUT2D eigenvalue weighted by Gasteiger charge is 2.23.